The molecule has 0 radical (unpaired) electrons. The summed E-state index contributed by atoms with van der Waals surface area (Å²) < 4.78 is 5.48. The van der Waals surface area contributed by atoms with Crippen molar-refractivity contribution in [2.45, 2.75) is 25.9 Å². The lowest BCUT2D eigenvalue weighted by molar-refractivity contribution is -0.384. The average Bonchev–Trinajstić information content (AvgIpc) is 3.04. The van der Waals surface area contributed by atoms with Crippen LogP contribution in [0.4, 0.5) is 5.69 Å². The van der Waals surface area contributed by atoms with E-state index in [1.54, 1.807) is 13.0 Å². The highest BCUT2D eigenvalue weighted by Gasteiger charge is 2.15. The minimum atomic E-state index is -0.527. The van der Waals surface area contributed by atoms with Gasteiger partial charge in [-0.15, -0.1) is 0 Å². The van der Waals surface area contributed by atoms with Gasteiger partial charge in [-0.05, 0) is 38.0 Å². The van der Waals surface area contributed by atoms with Crippen LogP contribution < -0.4 is 10.7 Å². The molecule has 0 bridgehead atoms. The fourth-order valence-electron chi connectivity index (χ4n) is 2.13. The van der Waals surface area contributed by atoms with Crippen molar-refractivity contribution in [3.05, 3.63) is 38.9 Å². The van der Waals surface area contributed by atoms with Crippen molar-refractivity contribution in [2.24, 2.45) is 5.10 Å². The van der Waals surface area contributed by atoms with Crippen molar-refractivity contribution in [2.75, 3.05) is 13.2 Å². The molecular formula is C14H17ClN4O3S. The molecule has 7 nitrogen and oxygen atoms in total. The Bertz CT molecular complexity index is 632. The van der Waals surface area contributed by atoms with E-state index in [2.05, 4.69) is 15.8 Å². The van der Waals surface area contributed by atoms with E-state index in [0.29, 0.717) is 22.9 Å². The summed E-state index contributed by atoms with van der Waals surface area (Å²) in [7, 11) is 0. The van der Waals surface area contributed by atoms with Gasteiger partial charge in [0.25, 0.3) is 5.69 Å². The summed E-state index contributed by atoms with van der Waals surface area (Å²) in [4.78, 5) is 10.4. The van der Waals surface area contributed by atoms with Gasteiger partial charge in [-0.25, -0.2) is 0 Å². The molecule has 23 heavy (non-hydrogen) atoms. The van der Waals surface area contributed by atoms with Gasteiger partial charge in [-0.1, -0.05) is 17.7 Å². The van der Waals surface area contributed by atoms with Crippen molar-refractivity contribution in [3.63, 3.8) is 0 Å². The molecule has 0 unspecified atom stereocenters. The predicted molar refractivity (Wildman–Crippen MR) is 93.0 cm³/mol. The number of nitrogens with zero attached hydrogens (tertiary/aromatic N) is 2. The van der Waals surface area contributed by atoms with E-state index in [-0.39, 0.29) is 16.8 Å². The number of ether oxygens (including phenoxy) is 1. The number of thiocarbonyl (C=S) groups is 1. The van der Waals surface area contributed by atoms with Gasteiger partial charge in [-0.2, -0.15) is 5.10 Å². The SMILES string of the molecule is C/C(=N/NC(=S)NC[C@H]1CCCO1)c1ccc(Cl)c([N+](=O)[O-])c1. The first-order chi connectivity index (χ1) is 11.0. The summed E-state index contributed by atoms with van der Waals surface area (Å²) in [6.45, 7) is 3.15. The topological polar surface area (TPSA) is 88.8 Å². The average molecular weight is 357 g/mol. The van der Waals surface area contributed by atoms with Gasteiger partial charge in [0.05, 0.1) is 16.7 Å². The van der Waals surface area contributed by atoms with Gasteiger partial charge < -0.3 is 10.1 Å². The Labute approximate surface area is 144 Å². The van der Waals surface area contributed by atoms with Crippen molar-refractivity contribution in [3.8, 4) is 0 Å². The molecule has 1 heterocycles. The Morgan fingerprint density at radius 2 is 2.39 bits per heavy atom. The molecule has 1 fully saturated rings. The highest BCUT2D eigenvalue weighted by molar-refractivity contribution is 7.80. The molecule has 0 saturated carbocycles. The van der Waals surface area contributed by atoms with Gasteiger partial charge in [0.15, 0.2) is 5.11 Å². The van der Waals surface area contributed by atoms with E-state index in [9.17, 15) is 10.1 Å². The summed E-state index contributed by atoms with van der Waals surface area (Å²) in [5.74, 6) is 0. The van der Waals surface area contributed by atoms with Gasteiger partial charge >= 0.3 is 0 Å². The minimum Gasteiger partial charge on any atom is -0.376 e. The fourth-order valence-corrected chi connectivity index (χ4v) is 2.44. The standard InChI is InChI=1S/C14H17ClN4O3S/c1-9(10-4-5-12(15)13(7-10)19(20)21)17-18-14(23)16-8-11-3-2-6-22-11/h4-5,7,11H,2-3,6,8H2,1H3,(H2,16,18,23)/b17-9-/t11-/m1/s1. The Balaban J connectivity index is 1.92. The fraction of sp³-hybridized carbons (Fsp3) is 0.429. The molecular weight excluding hydrogens is 340 g/mol. The number of benzene rings is 1. The first-order valence-corrected chi connectivity index (χ1v) is 7.90. The van der Waals surface area contributed by atoms with Gasteiger partial charge in [-0.3, -0.25) is 15.5 Å². The van der Waals surface area contributed by atoms with Gasteiger partial charge in [0.1, 0.15) is 5.02 Å². The maximum absolute atomic E-state index is 10.9. The van der Waals surface area contributed by atoms with E-state index >= 15 is 0 Å². The van der Waals surface area contributed by atoms with Crippen LogP contribution in [-0.4, -0.2) is 35.0 Å². The number of nitro groups is 1. The second-order valence-electron chi connectivity index (χ2n) is 5.08. The molecule has 2 N–H and O–H groups in total. The maximum atomic E-state index is 10.9. The third-order valence-corrected chi connectivity index (χ3v) is 3.96. The highest BCUT2D eigenvalue weighted by atomic mass is 35.5. The van der Waals surface area contributed by atoms with E-state index < -0.39 is 4.92 Å². The van der Waals surface area contributed by atoms with Crippen LogP contribution in [0.2, 0.25) is 5.02 Å². The third-order valence-electron chi connectivity index (χ3n) is 3.40. The van der Waals surface area contributed by atoms with Gasteiger partial charge in [0, 0.05) is 24.8 Å². The van der Waals surface area contributed by atoms with E-state index in [1.807, 2.05) is 0 Å². The lowest BCUT2D eigenvalue weighted by Crippen LogP contribution is -2.37. The lowest BCUT2D eigenvalue weighted by Gasteiger charge is -2.12. The first kappa shape index (κ1) is 17.6. The van der Waals surface area contributed by atoms with Crippen LogP contribution in [-0.2, 0) is 4.74 Å². The second-order valence-corrected chi connectivity index (χ2v) is 5.89. The van der Waals surface area contributed by atoms with E-state index in [1.165, 1.54) is 12.1 Å². The van der Waals surface area contributed by atoms with E-state index in [0.717, 1.165) is 19.4 Å². The first-order valence-electron chi connectivity index (χ1n) is 7.11. The number of nitrogens with one attached hydrogen (secondary N) is 2. The lowest BCUT2D eigenvalue weighted by atomic mass is 10.1. The highest BCUT2D eigenvalue weighted by Crippen LogP contribution is 2.25. The molecule has 1 aliphatic heterocycles. The predicted octanol–water partition coefficient (Wildman–Crippen LogP) is 2.62. The zero-order valence-electron chi connectivity index (χ0n) is 12.5. The van der Waals surface area contributed by atoms with Crippen LogP contribution in [0.25, 0.3) is 0 Å². The zero-order chi connectivity index (χ0) is 16.8. The second kappa shape index (κ2) is 8.19. The molecule has 0 aromatic heterocycles. The molecule has 0 amide bonds. The molecule has 1 aliphatic rings. The Kier molecular flexibility index (Phi) is 6.26. The quantitative estimate of drug-likeness (QED) is 0.365. The number of hydrogen-bond donors (Lipinski definition) is 2. The summed E-state index contributed by atoms with van der Waals surface area (Å²) in [6, 6.07) is 4.52. The maximum Gasteiger partial charge on any atom is 0.288 e. The zero-order valence-corrected chi connectivity index (χ0v) is 14.1. The molecule has 1 aromatic carbocycles. The number of rotatable bonds is 5. The monoisotopic (exact) mass is 356 g/mol. The van der Waals surface area contributed by atoms with Crippen LogP contribution in [0.1, 0.15) is 25.3 Å². The van der Waals surface area contributed by atoms with Crippen LogP contribution in [0.3, 0.4) is 0 Å². The number of hydrazone groups is 1. The molecule has 1 saturated heterocycles. The molecule has 124 valence electrons. The Hall–Kier alpha value is -1.77. The Morgan fingerprint density at radius 3 is 3.04 bits per heavy atom. The van der Waals surface area contributed by atoms with Crippen LogP contribution in [0.5, 0.6) is 0 Å². The molecule has 1 aromatic rings. The molecule has 1 atom stereocenters. The molecule has 0 spiro atoms. The minimum absolute atomic E-state index is 0.0910. The molecule has 9 heteroatoms. The largest absolute Gasteiger partial charge is 0.376 e. The van der Waals surface area contributed by atoms with Crippen molar-refractivity contribution >= 4 is 40.3 Å². The summed E-state index contributed by atoms with van der Waals surface area (Å²) in [5.41, 5.74) is 3.72. The van der Waals surface area contributed by atoms with Crippen LogP contribution in [0.15, 0.2) is 23.3 Å². The molecule has 2 rings (SSSR count). The third kappa shape index (κ3) is 5.12. The Morgan fingerprint density at radius 1 is 1.61 bits per heavy atom. The van der Waals surface area contributed by atoms with Crippen molar-refractivity contribution in [1.82, 2.24) is 10.7 Å². The number of nitro benzene ring substituents is 1. The van der Waals surface area contributed by atoms with Crippen molar-refractivity contribution < 1.29 is 9.66 Å². The van der Waals surface area contributed by atoms with Crippen molar-refractivity contribution in [1.29, 1.82) is 0 Å². The number of hydrogen-bond acceptors (Lipinski definition) is 5. The smallest absolute Gasteiger partial charge is 0.288 e. The van der Waals surface area contributed by atoms with Gasteiger partial charge in [0.2, 0.25) is 0 Å². The van der Waals surface area contributed by atoms with Crippen LogP contribution in [0, 0.1) is 10.1 Å². The van der Waals surface area contributed by atoms with Crippen LogP contribution >= 0.6 is 23.8 Å². The normalized spacial score (nSPS) is 17.8. The van der Waals surface area contributed by atoms with E-state index in [4.69, 9.17) is 28.6 Å². The molecule has 0 aliphatic carbocycles. The summed E-state index contributed by atoms with van der Waals surface area (Å²) >= 11 is 10.9. The summed E-state index contributed by atoms with van der Waals surface area (Å²) in [6.07, 6.45) is 2.27. The summed E-state index contributed by atoms with van der Waals surface area (Å²) in [5, 5.41) is 18.5. The number of halogens is 1.